The Morgan fingerprint density at radius 3 is 2.25 bits per heavy atom. The Hall–Kier alpha value is -0.700. The third kappa shape index (κ3) is 2.91. The molecule has 0 saturated heterocycles. The van der Waals surface area contributed by atoms with Gasteiger partial charge in [0, 0.05) is 5.92 Å². The minimum Gasteiger partial charge on any atom is -0.508 e. The summed E-state index contributed by atoms with van der Waals surface area (Å²) in [4.78, 5) is 0. The van der Waals surface area contributed by atoms with Crippen LogP contribution in [-0.2, 0) is 0 Å². The van der Waals surface area contributed by atoms with E-state index in [0.29, 0.717) is 5.92 Å². The first-order valence-corrected chi connectivity index (χ1v) is 6.56. The second kappa shape index (κ2) is 5.09. The SMILES string of the molecule is NC(CC1CCCCC1)/C(O)=C(\O)C1CC1. The van der Waals surface area contributed by atoms with Crippen molar-refractivity contribution in [3.8, 4) is 0 Å². The van der Waals surface area contributed by atoms with Crippen LogP contribution in [0.25, 0.3) is 0 Å². The molecule has 0 spiro atoms. The Bertz CT molecular complexity index is 265. The Kier molecular flexibility index (Phi) is 3.74. The van der Waals surface area contributed by atoms with Gasteiger partial charge in [0.25, 0.3) is 0 Å². The highest BCUT2D eigenvalue weighted by Crippen LogP contribution is 2.37. The molecule has 0 aromatic carbocycles. The molecule has 0 aromatic heterocycles. The van der Waals surface area contributed by atoms with Gasteiger partial charge in [0.1, 0.15) is 11.5 Å². The third-order valence-corrected chi connectivity index (χ3v) is 3.89. The molecule has 0 amide bonds. The third-order valence-electron chi connectivity index (χ3n) is 3.89. The smallest absolute Gasteiger partial charge is 0.146 e. The molecular weight excluding hydrogens is 202 g/mol. The lowest BCUT2D eigenvalue weighted by Gasteiger charge is -2.24. The van der Waals surface area contributed by atoms with E-state index in [1.807, 2.05) is 0 Å². The lowest BCUT2D eigenvalue weighted by Crippen LogP contribution is -2.28. The standard InChI is InChI=1S/C13H23NO2/c14-11(8-9-4-2-1-3-5-9)13(16)12(15)10-6-7-10/h9-11,15-16H,1-8,14H2/b13-12+. The highest BCUT2D eigenvalue weighted by molar-refractivity contribution is 5.13. The maximum atomic E-state index is 9.83. The summed E-state index contributed by atoms with van der Waals surface area (Å²) in [6.45, 7) is 0. The van der Waals surface area contributed by atoms with E-state index in [2.05, 4.69) is 0 Å². The first-order valence-electron chi connectivity index (χ1n) is 6.56. The zero-order valence-electron chi connectivity index (χ0n) is 9.86. The van der Waals surface area contributed by atoms with Crippen molar-refractivity contribution in [2.75, 3.05) is 0 Å². The molecule has 3 nitrogen and oxygen atoms in total. The fourth-order valence-electron chi connectivity index (χ4n) is 2.65. The highest BCUT2D eigenvalue weighted by atomic mass is 16.3. The van der Waals surface area contributed by atoms with Crippen molar-refractivity contribution in [1.82, 2.24) is 0 Å². The number of rotatable bonds is 4. The maximum Gasteiger partial charge on any atom is 0.146 e. The van der Waals surface area contributed by atoms with Crippen LogP contribution in [0.2, 0.25) is 0 Å². The minimum absolute atomic E-state index is 0.0491. The molecule has 0 radical (unpaired) electrons. The number of allylic oxidation sites excluding steroid dienone is 1. The number of hydrogen-bond acceptors (Lipinski definition) is 3. The van der Waals surface area contributed by atoms with Gasteiger partial charge < -0.3 is 15.9 Å². The van der Waals surface area contributed by atoms with Crippen LogP contribution in [0.3, 0.4) is 0 Å². The lowest BCUT2D eigenvalue weighted by atomic mass is 9.84. The summed E-state index contributed by atoms with van der Waals surface area (Å²) >= 11 is 0. The molecule has 0 heterocycles. The maximum absolute atomic E-state index is 9.83. The van der Waals surface area contributed by atoms with E-state index < -0.39 is 0 Å². The molecule has 2 rings (SSSR count). The molecule has 2 saturated carbocycles. The van der Waals surface area contributed by atoms with Crippen molar-refractivity contribution < 1.29 is 10.2 Å². The van der Waals surface area contributed by atoms with Crippen molar-refractivity contribution in [1.29, 1.82) is 0 Å². The molecule has 2 aliphatic rings. The summed E-state index contributed by atoms with van der Waals surface area (Å²) in [5.74, 6) is 1.03. The van der Waals surface area contributed by atoms with Crippen LogP contribution < -0.4 is 5.73 Å². The van der Waals surface area contributed by atoms with Gasteiger partial charge in [0.15, 0.2) is 0 Å². The largest absolute Gasteiger partial charge is 0.508 e. The van der Waals surface area contributed by atoms with Crippen molar-refractivity contribution in [3.05, 3.63) is 11.5 Å². The molecule has 4 N–H and O–H groups in total. The van der Waals surface area contributed by atoms with Crippen LogP contribution in [0, 0.1) is 11.8 Å². The molecule has 92 valence electrons. The lowest BCUT2D eigenvalue weighted by molar-refractivity contribution is 0.253. The van der Waals surface area contributed by atoms with Gasteiger partial charge in [-0.3, -0.25) is 0 Å². The molecule has 1 unspecified atom stereocenters. The monoisotopic (exact) mass is 225 g/mol. The van der Waals surface area contributed by atoms with Gasteiger partial charge in [-0.15, -0.1) is 0 Å². The molecule has 2 fully saturated rings. The van der Waals surface area contributed by atoms with Gasteiger partial charge in [-0.1, -0.05) is 32.1 Å². The van der Waals surface area contributed by atoms with Crippen LogP contribution in [0.15, 0.2) is 11.5 Å². The molecule has 1 atom stereocenters. The van der Waals surface area contributed by atoms with Crippen molar-refractivity contribution in [2.45, 2.75) is 57.4 Å². The fourth-order valence-corrected chi connectivity index (χ4v) is 2.65. The molecule has 3 heteroatoms. The van der Waals surface area contributed by atoms with Gasteiger partial charge in [-0.25, -0.2) is 0 Å². The summed E-state index contributed by atoms with van der Waals surface area (Å²) in [5, 5.41) is 19.5. The second-order valence-corrected chi connectivity index (χ2v) is 5.39. The Labute approximate surface area is 97.3 Å². The van der Waals surface area contributed by atoms with E-state index >= 15 is 0 Å². The zero-order chi connectivity index (χ0) is 11.5. The first kappa shape index (κ1) is 11.8. The van der Waals surface area contributed by atoms with Crippen LogP contribution >= 0.6 is 0 Å². The average molecular weight is 225 g/mol. The van der Waals surface area contributed by atoms with E-state index in [9.17, 15) is 10.2 Å². The average Bonchev–Trinajstić information content (AvgIpc) is 3.12. The van der Waals surface area contributed by atoms with Gasteiger partial charge in [0.05, 0.1) is 6.04 Å². The van der Waals surface area contributed by atoms with Gasteiger partial charge in [-0.05, 0) is 25.2 Å². The fraction of sp³-hybridized carbons (Fsp3) is 0.846. The quantitative estimate of drug-likeness (QED) is 0.644. The van der Waals surface area contributed by atoms with Crippen LogP contribution in [0.4, 0.5) is 0 Å². The number of aliphatic hydroxyl groups is 2. The highest BCUT2D eigenvalue weighted by Gasteiger charge is 2.31. The van der Waals surface area contributed by atoms with E-state index in [1.165, 1.54) is 32.1 Å². The van der Waals surface area contributed by atoms with Crippen molar-refractivity contribution in [3.63, 3.8) is 0 Å². The van der Waals surface area contributed by atoms with Gasteiger partial charge in [0.2, 0.25) is 0 Å². The second-order valence-electron chi connectivity index (χ2n) is 5.39. The van der Waals surface area contributed by atoms with Crippen molar-refractivity contribution in [2.24, 2.45) is 17.6 Å². The van der Waals surface area contributed by atoms with E-state index in [-0.39, 0.29) is 23.5 Å². The van der Waals surface area contributed by atoms with Crippen LogP contribution in [0.5, 0.6) is 0 Å². The zero-order valence-corrected chi connectivity index (χ0v) is 9.86. The first-order chi connectivity index (χ1) is 7.68. The molecule has 16 heavy (non-hydrogen) atoms. The molecular formula is C13H23NO2. The Morgan fingerprint density at radius 1 is 1.06 bits per heavy atom. The van der Waals surface area contributed by atoms with E-state index in [4.69, 9.17) is 5.73 Å². The number of hydrogen-bond donors (Lipinski definition) is 3. The van der Waals surface area contributed by atoms with Crippen LogP contribution in [-0.4, -0.2) is 16.3 Å². The Morgan fingerprint density at radius 2 is 1.69 bits per heavy atom. The molecule has 0 bridgehead atoms. The van der Waals surface area contributed by atoms with Crippen LogP contribution in [0.1, 0.15) is 51.4 Å². The molecule has 0 aliphatic heterocycles. The summed E-state index contributed by atoms with van der Waals surface area (Å²) < 4.78 is 0. The summed E-state index contributed by atoms with van der Waals surface area (Å²) in [6.07, 6.45) is 9.17. The predicted octanol–water partition coefficient (Wildman–Crippen LogP) is 3.02. The summed E-state index contributed by atoms with van der Waals surface area (Å²) in [5.41, 5.74) is 5.95. The van der Waals surface area contributed by atoms with Gasteiger partial charge >= 0.3 is 0 Å². The molecule has 2 aliphatic carbocycles. The van der Waals surface area contributed by atoms with E-state index in [1.54, 1.807) is 0 Å². The molecule has 0 aromatic rings. The minimum atomic E-state index is -0.358. The predicted molar refractivity (Wildman–Crippen MR) is 64.2 cm³/mol. The summed E-state index contributed by atoms with van der Waals surface area (Å²) in [6, 6.07) is -0.358. The topological polar surface area (TPSA) is 66.5 Å². The van der Waals surface area contributed by atoms with E-state index in [0.717, 1.165) is 19.3 Å². The normalized spacial score (nSPS) is 26.3. The van der Waals surface area contributed by atoms with Gasteiger partial charge in [-0.2, -0.15) is 0 Å². The van der Waals surface area contributed by atoms with Crippen molar-refractivity contribution >= 4 is 0 Å². The Balaban J connectivity index is 1.86. The number of aliphatic hydroxyl groups excluding tert-OH is 2. The number of nitrogens with two attached hydrogens (primary N) is 1. The summed E-state index contributed by atoms with van der Waals surface area (Å²) in [7, 11) is 0.